The number of ether oxygens (including phenoxy) is 1. The number of aliphatic hydroxyl groups excluding tert-OH is 1. The molecule has 4 nitrogen and oxygen atoms in total. The van der Waals surface area contributed by atoms with Crippen LogP contribution in [0.15, 0.2) is 48.5 Å². The number of benzene rings is 2. The molecule has 1 unspecified atom stereocenters. The van der Waals surface area contributed by atoms with Gasteiger partial charge in [-0.25, -0.2) is 0 Å². The van der Waals surface area contributed by atoms with Gasteiger partial charge in [0.1, 0.15) is 0 Å². The molecule has 0 saturated heterocycles. The summed E-state index contributed by atoms with van der Waals surface area (Å²) in [5.41, 5.74) is -1.06. The highest BCUT2D eigenvalue weighted by atomic mass is 19.4. The van der Waals surface area contributed by atoms with E-state index in [1.165, 1.54) is 18.2 Å². The summed E-state index contributed by atoms with van der Waals surface area (Å²) in [6.07, 6.45) is -11.8. The predicted octanol–water partition coefficient (Wildman–Crippen LogP) is 4.38. The summed E-state index contributed by atoms with van der Waals surface area (Å²) >= 11 is 0. The van der Waals surface area contributed by atoms with Crippen molar-refractivity contribution < 1.29 is 45.8 Å². The molecule has 2 aromatic carbocycles. The first-order chi connectivity index (χ1) is 12.9. The van der Waals surface area contributed by atoms with Gasteiger partial charge in [0.25, 0.3) is 11.6 Å². The number of halogens is 6. The number of ketones is 2. The Labute approximate surface area is 154 Å². The van der Waals surface area contributed by atoms with E-state index in [4.69, 9.17) is 4.74 Å². The maximum absolute atomic E-state index is 12.5. The maximum Gasteiger partial charge on any atom is 0.454 e. The molecule has 0 fully saturated rings. The fraction of sp³-hybridized carbons (Fsp3) is 0.222. The van der Waals surface area contributed by atoms with Crippen LogP contribution in [0.25, 0.3) is 0 Å². The number of aliphatic hydroxyl groups is 1. The number of alkyl halides is 6. The van der Waals surface area contributed by atoms with Gasteiger partial charge in [-0.15, -0.1) is 0 Å². The molecule has 0 aromatic heterocycles. The molecule has 2 rings (SSSR count). The van der Waals surface area contributed by atoms with Crippen LogP contribution in [0.5, 0.6) is 0 Å². The van der Waals surface area contributed by atoms with Crippen LogP contribution in [-0.4, -0.2) is 29.0 Å². The van der Waals surface area contributed by atoms with Crippen molar-refractivity contribution in [3.63, 3.8) is 0 Å². The van der Waals surface area contributed by atoms with Crippen molar-refractivity contribution in [3.05, 3.63) is 70.8 Å². The van der Waals surface area contributed by atoms with Crippen molar-refractivity contribution in [1.82, 2.24) is 0 Å². The lowest BCUT2D eigenvalue weighted by molar-refractivity contribution is -0.112. The number of Topliss-reactive ketones (excluding diaryl/α,β-unsaturated/α-hetero) is 2. The molecular formula is C18H12F6O4. The monoisotopic (exact) mass is 406 g/mol. The highest BCUT2D eigenvalue weighted by Crippen LogP contribution is 2.25. The highest BCUT2D eigenvalue weighted by molar-refractivity contribution is 6.00. The average Bonchev–Trinajstić information content (AvgIpc) is 2.64. The summed E-state index contributed by atoms with van der Waals surface area (Å²) in [4.78, 5) is 22.3. The minimum Gasteiger partial charge on any atom is -0.364 e. The molecule has 2 aromatic rings. The van der Waals surface area contributed by atoms with E-state index in [0.29, 0.717) is 5.56 Å². The van der Waals surface area contributed by atoms with E-state index in [0.717, 1.165) is 30.3 Å². The predicted molar refractivity (Wildman–Crippen MR) is 83.4 cm³/mol. The number of hydrogen-bond acceptors (Lipinski definition) is 4. The molecule has 0 amide bonds. The molecule has 1 atom stereocenters. The van der Waals surface area contributed by atoms with E-state index in [2.05, 4.69) is 0 Å². The largest absolute Gasteiger partial charge is 0.454 e. The molecule has 0 heterocycles. The van der Waals surface area contributed by atoms with E-state index in [9.17, 15) is 41.0 Å². The van der Waals surface area contributed by atoms with Crippen molar-refractivity contribution >= 4 is 11.6 Å². The van der Waals surface area contributed by atoms with Crippen molar-refractivity contribution in [3.8, 4) is 0 Å². The first-order valence-electron chi connectivity index (χ1n) is 7.61. The molecule has 10 heteroatoms. The molecule has 0 aliphatic rings. The van der Waals surface area contributed by atoms with E-state index in [1.54, 1.807) is 0 Å². The van der Waals surface area contributed by atoms with Crippen molar-refractivity contribution in [2.45, 2.75) is 25.2 Å². The fourth-order valence-corrected chi connectivity index (χ4v) is 2.18. The lowest BCUT2D eigenvalue weighted by Crippen LogP contribution is -2.23. The molecule has 1 N–H and O–H groups in total. The van der Waals surface area contributed by atoms with Gasteiger partial charge in [-0.05, 0) is 11.6 Å². The quantitative estimate of drug-likeness (QED) is 0.439. The zero-order chi connectivity index (χ0) is 21.1. The van der Waals surface area contributed by atoms with Gasteiger partial charge in [0, 0.05) is 16.7 Å². The third-order valence-electron chi connectivity index (χ3n) is 3.57. The molecule has 28 heavy (non-hydrogen) atoms. The van der Waals surface area contributed by atoms with E-state index in [-0.39, 0.29) is 12.2 Å². The first-order valence-corrected chi connectivity index (χ1v) is 7.61. The van der Waals surface area contributed by atoms with E-state index < -0.39 is 41.3 Å². The van der Waals surface area contributed by atoms with Crippen LogP contribution >= 0.6 is 0 Å². The number of hydrogen-bond donors (Lipinski definition) is 1. The summed E-state index contributed by atoms with van der Waals surface area (Å²) in [7, 11) is 0. The third kappa shape index (κ3) is 5.40. The van der Waals surface area contributed by atoms with Gasteiger partial charge in [0.2, 0.25) is 0 Å². The summed E-state index contributed by atoms with van der Waals surface area (Å²) in [6, 6.07) is 8.35. The average molecular weight is 406 g/mol. The standard InChI is InChI=1S/C18H12F6O4/c19-17(20,21)14(25)11-6-4-10(5-7-11)9-28-16(27)13-3-1-2-12(8-13)15(26)18(22,23)24/h1-8,16,27H,9H2. The molecule has 150 valence electrons. The second-order valence-corrected chi connectivity index (χ2v) is 5.64. The first kappa shape index (κ1) is 21.6. The van der Waals surface area contributed by atoms with Gasteiger partial charge in [-0.1, -0.05) is 42.5 Å². The Hall–Kier alpha value is -2.72. The Balaban J connectivity index is 2.04. The van der Waals surface area contributed by atoms with Crippen LogP contribution < -0.4 is 0 Å². The lowest BCUT2D eigenvalue weighted by atomic mass is 10.1. The lowest BCUT2D eigenvalue weighted by Gasteiger charge is -2.14. The van der Waals surface area contributed by atoms with Gasteiger partial charge in [-0.3, -0.25) is 9.59 Å². The van der Waals surface area contributed by atoms with Gasteiger partial charge in [-0.2, -0.15) is 26.3 Å². The molecule has 0 spiro atoms. The maximum atomic E-state index is 12.5. The summed E-state index contributed by atoms with van der Waals surface area (Å²) in [5, 5.41) is 9.92. The number of rotatable bonds is 6. The minimum atomic E-state index is -5.07. The van der Waals surface area contributed by atoms with Crippen LogP contribution in [0.2, 0.25) is 0 Å². The van der Waals surface area contributed by atoms with E-state index >= 15 is 0 Å². The van der Waals surface area contributed by atoms with Crippen molar-refractivity contribution in [2.75, 3.05) is 0 Å². The zero-order valence-electron chi connectivity index (χ0n) is 13.8. The zero-order valence-corrected chi connectivity index (χ0v) is 13.8. The normalized spacial score (nSPS) is 13.2. The summed E-state index contributed by atoms with van der Waals surface area (Å²) < 4.78 is 79.5. The topological polar surface area (TPSA) is 63.6 Å². The van der Waals surface area contributed by atoms with Crippen LogP contribution in [0.1, 0.15) is 38.1 Å². The molecule has 0 bridgehead atoms. The second kappa shape index (κ2) is 8.11. The second-order valence-electron chi connectivity index (χ2n) is 5.64. The SMILES string of the molecule is O=C(c1ccc(COC(O)c2cccc(C(=O)C(F)(F)F)c2)cc1)C(F)(F)F. The van der Waals surface area contributed by atoms with Gasteiger partial charge in [0.05, 0.1) is 6.61 Å². The van der Waals surface area contributed by atoms with E-state index in [1.807, 2.05) is 0 Å². The van der Waals surface area contributed by atoms with Gasteiger partial charge < -0.3 is 9.84 Å². The fourth-order valence-electron chi connectivity index (χ4n) is 2.18. The Kier molecular flexibility index (Phi) is 6.25. The summed E-state index contributed by atoms with van der Waals surface area (Å²) in [6.45, 7) is -0.306. The van der Waals surface area contributed by atoms with Crippen LogP contribution in [0.3, 0.4) is 0 Å². The van der Waals surface area contributed by atoms with Gasteiger partial charge >= 0.3 is 12.4 Å². The molecular weight excluding hydrogens is 394 g/mol. The van der Waals surface area contributed by atoms with Gasteiger partial charge in [0.15, 0.2) is 6.29 Å². The molecule has 0 radical (unpaired) electrons. The Bertz CT molecular complexity index is 856. The van der Waals surface area contributed by atoms with Crippen molar-refractivity contribution in [1.29, 1.82) is 0 Å². The Morgan fingerprint density at radius 1 is 0.857 bits per heavy atom. The number of carbonyl (C=O) groups excluding carboxylic acids is 2. The molecule has 0 aliphatic carbocycles. The third-order valence-corrected chi connectivity index (χ3v) is 3.57. The molecule has 0 aliphatic heterocycles. The van der Waals surface area contributed by atoms with Crippen LogP contribution in [-0.2, 0) is 11.3 Å². The minimum absolute atomic E-state index is 0.112. The highest BCUT2D eigenvalue weighted by Gasteiger charge is 2.40. The molecule has 0 saturated carbocycles. The Morgan fingerprint density at radius 3 is 1.93 bits per heavy atom. The summed E-state index contributed by atoms with van der Waals surface area (Å²) in [5.74, 6) is -4.09. The van der Waals surface area contributed by atoms with Crippen LogP contribution in [0.4, 0.5) is 26.3 Å². The van der Waals surface area contributed by atoms with Crippen molar-refractivity contribution in [2.24, 2.45) is 0 Å². The Morgan fingerprint density at radius 2 is 1.39 bits per heavy atom. The van der Waals surface area contributed by atoms with Crippen LogP contribution in [0, 0.1) is 0 Å². The number of carbonyl (C=O) groups is 2. The smallest absolute Gasteiger partial charge is 0.364 e.